The quantitative estimate of drug-likeness (QED) is 0.656. The molecule has 0 radical (unpaired) electrons. The monoisotopic (exact) mass is 175 g/mol. The molecule has 0 aliphatic carbocycles. The number of hydrogen-bond donors (Lipinski definition) is 1. The fourth-order valence-electron chi connectivity index (χ4n) is 1.26. The summed E-state index contributed by atoms with van der Waals surface area (Å²) in [5.41, 5.74) is 0. The maximum atomic E-state index is 11.2. The van der Waals surface area contributed by atoms with Gasteiger partial charge in [0.1, 0.15) is 0 Å². The van der Waals surface area contributed by atoms with Crippen LogP contribution in [-0.4, -0.2) is 26.8 Å². The Morgan fingerprint density at radius 3 is 2.36 bits per heavy atom. The maximum Gasteiger partial charge on any atom is 0.173 e. The SMILES string of the molecule is C=CS(=O)(=O)C1CCNCC1. The third kappa shape index (κ3) is 2.04. The van der Waals surface area contributed by atoms with Crippen molar-refractivity contribution >= 4 is 9.84 Å². The van der Waals surface area contributed by atoms with Gasteiger partial charge >= 0.3 is 0 Å². The molecule has 1 aliphatic heterocycles. The fourth-order valence-corrected chi connectivity index (χ4v) is 2.42. The standard InChI is InChI=1S/C7H13NO2S/c1-2-11(9,10)7-3-5-8-6-4-7/h2,7-8H,1,3-6H2. The first-order valence-electron chi connectivity index (χ1n) is 3.74. The highest BCUT2D eigenvalue weighted by Gasteiger charge is 2.23. The second kappa shape index (κ2) is 3.36. The Bertz CT molecular complexity index is 227. The van der Waals surface area contributed by atoms with E-state index in [2.05, 4.69) is 11.9 Å². The molecule has 3 nitrogen and oxygen atoms in total. The van der Waals surface area contributed by atoms with Crippen LogP contribution in [-0.2, 0) is 9.84 Å². The molecule has 0 unspecified atom stereocenters. The average Bonchev–Trinajstić information content (AvgIpc) is 2.06. The van der Waals surface area contributed by atoms with Crippen molar-refractivity contribution in [1.29, 1.82) is 0 Å². The first kappa shape index (κ1) is 8.74. The van der Waals surface area contributed by atoms with Gasteiger partial charge in [-0.15, -0.1) is 0 Å². The van der Waals surface area contributed by atoms with Crippen LogP contribution in [0.5, 0.6) is 0 Å². The van der Waals surface area contributed by atoms with Gasteiger partial charge in [-0.25, -0.2) is 8.42 Å². The van der Waals surface area contributed by atoms with Crippen LogP contribution >= 0.6 is 0 Å². The molecule has 0 aromatic carbocycles. The van der Waals surface area contributed by atoms with Crippen LogP contribution in [0.2, 0.25) is 0 Å². The summed E-state index contributed by atoms with van der Waals surface area (Å²) in [6.07, 6.45) is 1.43. The molecule has 1 rings (SSSR count). The average molecular weight is 175 g/mol. The van der Waals surface area contributed by atoms with Crippen LogP contribution in [0.15, 0.2) is 12.0 Å². The van der Waals surface area contributed by atoms with Crippen molar-refractivity contribution in [3.63, 3.8) is 0 Å². The van der Waals surface area contributed by atoms with Crippen molar-refractivity contribution in [2.75, 3.05) is 13.1 Å². The molecule has 0 spiro atoms. The largest absolute Gasteiger partial charge is 0.317 e. The molecule has 0 aromatic heterocycles. The van der Waals surface area contributed by atoms with Crippen molar-refractivity contribution in [3.8, 4) is 0 Å². The Balaban J connectivity index is 2.66. The highest BCUT2D eigenvalue weighted by atomic mass is 32.2. The van der Waals surface area contributed by atoms with E-state index in [1.807, 2.05) is 0 Å². The molecule has 0 aromatic rings. The summed E-state index contributed by atoms with van der Waals surface area (Å²) >= 11 is 0. The van der Waals surface area contributed by atoms with Gasteiger partial charge in [-0.05, 0) is 25.9 Å². The van der Waals surface area contributed by atoms with E-state index in [0.29, 0.717) is 12.8 Å². The van der Waals surface area contributed by atoms with Gasteiger partial charge in [-0.2, -0.15) is 0 Å². The molecule has 1 N–H and O–H groups in total. The van der Waals surface area contributed by atoms with Crippen LogP contribution in [0.3, 0.4) is 0 Å². The lowest BCUT2D eigenvalue weighted by Crippen LogP contribution is -2.34. The summed E-state index contributed by atoms with van der Waals surface area (Å²) in [5, 5.41) is 3.99. The molecule has 1 heterocycles. The minimum absolute atomic E-state index is 0.193. The molecule has 4 heteroatoms. The molecule has 1 saturated heterocycles. The molecule has 11 heavy (non-hydrogen) atoms. The summed E-state index contributed by atoms with van der Waals surface area (Å²) in [6, 6.07) is 0. The van der Waals surface area contributed by atoms with Crippen molar-refractivity contribution in [1.82, 2.24) is 5.32 Å². The highest BCUT2D eigenvalue weighted by molar-refractivity contribution is 7.94. The van der Waals surface area contributed by atoms with Crippen LogP contribution in [0.4, 0.5) is 0 Å². The molecule has 0 bridgehead atoms. The summed E-state index contributed by atoms with van der Waals surface area (Å²) in [4.78, 5) is 0. The smallest absolute Gasteiger partial charge is 0.173 e. The molecular weight excluding hydrogens is 162 g/mol. The third-order valence-corrected chi connectivity index (χ3v) is 3.85. The molecule has 1 fully saturated rings. The van der Waals surface area contributed by atoms with Gasteiger partial charge in [0.05, 0.1) is 5.25 Å². The number of sulfone groups is 1. The minimum atomic E-state index is -3.00. The lowest BCUT2D eigenvalue weighted by molar-refractivity contribution is 0.500. The van der Waals surface area contributed by atoms with Gasteiger partial charge in [-0.3, -0.25) is 0 Å². The zero-order valence-electron chi connectivity index (χ0n) is 6.41. The number of rotatable bonds is 2. The van der Waals surface area contributed by atoms with E-state index in [1.165, 1.54) is 0 Å². The Morgan fingerprint density at radius 1 is 1.36 bits per heavy atom. The van der Waals surface area contributed by atoms with E-state index in [0.717, 1.165) is 18.5 Å². The molecule has 0 atom stereocenters. The van der Waals surface area contributed by atoms with Crippen LogP contribution in [0.25, 0.3) is 0 Å². The molecule has 64 valence electrons. The zero-order valence-corrected chi connectivity index (χ0v) is 7.23. The van der Waals surface area contributed by atoms with Crippen molar-refractivity contribution in [2.24, 2.45) is 0 Å². The summed E-state index contributed by atoms with van der Waals surface area (Å²) in [6.45, 7) is 4.91. The van der Waals surface area contributed by atoms with E-state index in [1.54, 1.807) is 0 Å². The van der Waals surface area contributed by atoms with E-state index in [-0.39, 0.29) is 5.25 Å². The highest BCUT2D eigenvalue weighted by Crippen LogP contribution is 2.13. The van der Waals surface area contributed by atoms with Gasteiger partial charge < -0.3 is 5.32 Å². The lowest BCUT2D eigenvalue weighted by atomic mass is 10.2. The Hall–Kier alpha value is -0.350. The zero-order chi connectivity index (χ0) is 8.32. The predicted octanol–water partition coefficient (Wildman–Crippen LogP) is 0.297. The first-order valence-corrected chi connectivity index (χ1v) is 5.35. The molecule has 1 aliphatic rings. The van der Waals surface area contributed by atoms with Crippen molar-refractivity contribution < 1.29 is 8.42 Å². The number of hydrogen-bond acceptors (Lipinski definition) is 3. The lowest BCUT2D eigenvalue weighted by Gasteiger charge is -2.20. The van der Waals surface area contributed by atoms with Crippen LogP contribution in [0.1, 0.15) is 12.8 Å². The summed E-state index contributed by atoms with van der Waals surface area (Å²) < 4.78 is 22.4. The number of piperidine rings is 1. The third-order valence-electron chi connectivity index (χ3n) is 1.98. The van der Waals surface area contributed by atoms with Gasteiger partial charge in [0.2, 0.25) is 0 Å². The Labute approximate surface area is 67.4 Å². The second-order valence-electron chi connectivity index (χ2n) is 2.71. The Morgan fingerprint density at radius 2 is 1.91 bits per heavy atom. The van der Waals surface area contributed by atoms with Gasteiger partial charge in [0.25, 0.3) is 0 Å². The minimum Gasteiger partial charge on any atom is -0.317 e. The van der Waals surface area contributed by atoms with Gasteiger partial charge in [-0.1, -0.05) is 6.58 Å². The van der Waals surface area contributed by atoms with Crippen molar-refractivity contribution in [3.05, 3.63) is 12.0 Å². The Kier molecular flexibility index (Phi) is 2.67. The summed E-state index contributed by atoms with van der Waals surface area (Å²) in [7, 11) is -3.00. The van der Waals surface area contributed by atoms with Crippen LogP contribution < -0.4 is 5.32 Å². The second-order valence-corrected chi connectivity index (χ2v) is 4.88. The molecule has 0 saturated carbocycles. The van der Waals surface area contributed by atoms with Gasteiger partial charge in [0, 0.05) is 5.41 Å². The molecular formula is C7H13NO2S. The van der Waals surface area contributed by atoms with E-state index >= 15 is 0 Å². The van der Waals surface area contributed by atoms with Crippen LogP contribution in [0, 0.1) is 0 Å². The first-order chi connectivity index (χ1) is 5.17. The predicted molar refractivity (Wildman–Crippen MR) is 45.0 cm³/mol. The summed E-state index contributed by atoms with van der Waals surface area (Å²) in [5.74, 6) is 0. The topological polar surface area (TPSA) is 46.2 Å². The van der Waals surface area contributed by atoms with E-state index in [9.17, 15) is 8.42 Å². The van der Waals surface area contributed by atoms with E-state index < -0.39 is 9.84 Å². The maximum absolute atomic E-state index is 11.2. The van der Waals surface area contributed by atoms with Crippen molar-refractivity contribution in [2.45, 2.75) is 18.1 Å². The van der Waals surface area contributed by atoms with E-state index in [4.69, 9.17) is 0 Å². The van der Waals surface area contributed by atoms with Gasteiger partial charge in [0.15, 0.2) is 9.84 Å². The number of nitrogens with one attached hydrogen (secondary N) is 1. The fraction of sp³-hybridized carbons (Fsp3) is 0.714. The molecule has 0 amide bonds. The normalized spacial score (nSPS) is 21.5.